The first kappa shape index (κ1) is 12.7. The summed E-state index contributed by atoms with van der Waals surface area (Å²) in [4.78, 5) is 0. The molecule has 1 aliphatic rings. The molecule has 0 aliphatic carbocycles. The maximum atomic E-state index is 9.50. The lowest BCUT2D eigenvalue weighted by Crippen LogP contribution is -2.23. The molecule has 15 heavy (non-hydrogen) atoms. The molecule has 0 radical (unpaired) electrons. The molecule has 3 heteroatoms. The van der Waals surface area contributed by atoms with E-state index in [1.165, 1.54) is 6.42 Å². The average molecular weight is 214 g/mol. The van der Waals surface area contributed by atoms with E-state index in [9.17, 15) is 5.11 Å². The standard InChI is InChI=1S/C12H22O3/c1-2-3-6-11(13)8-10-15-12-7-4-5-9-14-12/h3,6,11-13H,2,4-5,7-10H2,1H3/b6-3-/t11-,12?/m1/s1. The average Bonchev–Trinajstić information content (AvgIpc) is 2.28. The van der Waals surface area contributed by atoms with Gasteiger partial charge in [-0.25, -0.2) is 0 Å². The molecule has 1 rings (SSSR count). The maximum absolute atomic E-state index is 9.50. The first-order valence-electron chi connectivity index (χ1n) is 5.91. The van der Waals surface area contributed by atoms with Crippen molar-refractivity contribution in [2.24, 2.45) is 0 Å². The molecular formula is C12H22O3. The van der Waals surface area contributed by atoms with Crippen molar-refractivity contribution < 1.29 is 14.6 Å². The van der Waals surface area contributed by atoms with Crippen LogP contribution < -0.4 is 0 Å². The summed E-state index contributed by atoms with van der Waals surface area (Å²) in [6.07, 6.45) is 8.30. The number of hydrogen-bond donors (Lipinski definition) is 1. The highest BCUT2D eigenvalue weighted by molar-refractivity contribution is 4.87. The SMILES string of the molecule is CC/C=C\[C@@H](O)CCOC1CCCCO1. The second-order valence-corrected chi connectivity index (χ2v) is 3.86. The Kier molecular flexibility index (Phi) is 6.64. The Hall–Kier alpha value is -0.380. The van der Waals surface area contributed by atoms with Crippen LogP contribution in [-0.4, -0.2) is 30.7 Å². The van der Waals surface area contributed by atoms with Crippen molar-refractivity contribution in [1.29, 1.82) is 0 Å². The van der Waals surface area contributed by atoms with Crippen molar-refractivity contribution in [2.45, 2.75) is 51.4 Å². The van der Waals surface area contributed by atoms with Gasteiger partial charge in [0, 0.05) is 13.0 Å². The molecular weight excluding hydrogens is 192 g/mol. The van der Waals surface area contributed by atoms with Crippen LogP contribution in [0.4, 0.5) is 0 Å². The van der Waals surface area contributed by atoms with E-state index in [1.807, 2.05) is 12.2 Å². The predicted molar refractivity (Wildman–Crippen MR) is 59.6 cm³/mol. The molecule has 0 saturated carbocycles. The highest BCUT2D eigenvalue weighted by atomic mass is 16.7. The van der Waals surface area contributed by atoms with Crippen molar-refractivity contribution in [3.05, 3.63) is 12.2 Å². The molecule has 0 spiro atoms. The van der Waals surface area contributed by atoms with Gasteiger partial charge in [0.05, 0.1) is 12.7 Å². The van der Waals surface area contributed by atoms with Gasteiger partial charge in [0.1, 0.15) is 0 Å². The van der Waals surface area contributed by atoms with Crippen molar-refractivity contribution in [1.82, 2.24) is 0 Å². The van der Waals surface area contributed by atoms with Crippen LogP contribution in [0.3, 0.4) is 0 Å². The normalized spacial score (nSPS) is 24.5. The van der Waals surface area contributed by atoms with Crippen LogP contribution in [-0.2, 0) is 9.47 Å². The Morgan fingerprint density at radius 3 is 3.07 bits per heavy atom. The quantitative estimate of drug-likeness (QED) is 0.689. The number of ether oxygens (including phenoxy) is 2. The zero-order chi connectivity index (χ0) is 10.9. The smallest absolute Gasteiger partial charge is 0.157 e. The summed E-state index contributed by atoms with van der Waals surface area (Å²) in [5, 5.41) is 9.50. The summed E-state index contributed by atoms with van der Waals surface area (Å²) in [6, 6.07) is 0. The minimum Gasteiger partial charge on any atom is -0.389 e. The summed E-state index contributed by atoms with van der Waals surface area (Å²) >= 11 is 0. The monoisotopic (exact) mass is 214 g/mol. The van der Waals surface area contributed by atoms with Gasteiger partial charge in [-0.1, -0.05) is 19.1 Å². The van der Waals surface area contributed by atoms with Crippen molar-refractivity contribution in [2.75, 3.05) is 13.2 Å². The summed E-state index contributed by atoms with van der Waals surface area (Å²) in [5.41, 5.74) is 0. The van der Waals surface area contributed by atoms with Crippen molar-refractivity contribution >= 4 is 0 Å². The van der Waals surface area contributed by atoms with Gasteiger partial charge in [0.25, 0.3) is 0 Å². The molecule has 1 N–H and O–H groups in total. The van der Waals surface area contributed by atoms with Crippen LogP contribution in [0.1, 0.15) is 39.0 Å². The topological polar surface area (TPSA) is 38.7 Å². The Balaban J connectivity index is 2.01. The summed E-state index contributed by atoms with van der Waals surface area (Å²) in [6.45, 7) is 3.43. The van der Waals surface area contributed by atoms with Crippen LogP contribution in [0.5, 0.6) is 0 Å². The number of allylic oxidation sites excluding steroid dienone is 1. The molecule has 0 aromatic heterocycles. The van der Waals surface area contributed by atoms with E-state index in [0.717, 1.165) is 25.9 Å². The molecule has 1 aliphatic heterocycles. The summed E-state index contributed by atoms with van der Waals surface area (Å²) in [5.74, 6) is 0. The fourth-order valence-corrected chi connectivity index (χ4v) is 1.55. The Morgan fingerprint density at radius 2 is 2.40 bits per heavy atom. The Morgan fingerprint density at radius 1 is 1.53 bits per heavy atom. The number of aliphatic hydroxyl groups is 1. The number of aliphatic hydroxyl groups excluding tert-OH is 1. The van der Waals surface area contributed by atoms with Gasteiger partial charge in [-0.3, -0.25) is 0 Å². The molecule has 3 nitrogen and oxygen atoms in total. The summed E-state index contributed by atoms with van der Waals surface area (Å²) in [7, 11) is 0. The lowest BCUT2D eigenvalue weighted by atomic mass is 10.2. The first-order valence-corrected chi connectivity index (χ1v) is 5.91. The fourth-order valence-electron chi connectivity index (χ4n) is 1.55. The molecule has 88 valence electrons. The molecule has 0 amide bonds. The van der Waals surface area contributed by atoms with Gasteiger partial charge in [-0.2, -0.15) is 0 Å². The highest BCUT2D eigenvalue weighted by Crippen LogP contribution is 2.14. The lowest BCUT2D eigenvalue weighted by Gasteiger charge is -2.22. The van der Waals surface area contributed by atoms with Gasteiger partial charge in [0.15, 0.2) is 6.29 Å². The minimum atomic E-state index is -0.381. The molecule has 2 atom stereocenters. The molecule has 0 bridgehead atoms. The van der Waals surface area contributed by atoms with E-state index in [-0.39, 0.29) is 12.4 Å². The third-order valence-electron chi connectivity index (χ3n) is 2.45. The Labute approximate surface area is 92.1 Å². The van der Waals surface area contributed by atoms with Gasteiger partial charge < -0.3 is 14.6 Å². The number of rotatable bonds is 6. The van der Waals surface area contributed by atoms with Crippen LogP contribution >= 0.6 is 0 Å². The van der Waals surface area contributed by atoms with Crippen LogP contribution in [0, 0.1) is 0 Å². The van der Waals surface area contributed by atoms with E-state index >= 15 is 0 Å². The summed E-state index contributed by atoms with van der Waals surface area (Å²) < 4.78 is 10.9. The maximum Gasteiger partial charge on any atom is 0.157 e. The van der Waals surface area contributed by atoms with E-state index in [1.54, 1.807) is 0 Å². The fraction of sp³-hybridized carbons (Fsp3) is 0.833. The van der Waals surface area contributed by atoms with E-state index in [0.29, 0.717) is 13.0 Å². The van der Waals surface area contributed by atoms with E-state index in [4.69, 9.17) is 9.47 Å². The molecule has 0 aromatic carbocycles. The lowest BCUT2D eigenvalue weighted by molar-refractivity contribution is -0.164. The molecule has 1 saturated heterocycles. The van der Waals surface area contributed by atoms with Gasteiger partial charge >= 0.3 is 0 Å². The Bertz CT molecular complexity index is 174. The van der Waals surface area contributed by atoms with Crippen LogP contribution in [0.15, 0.2) is 12.2 Å². The molecule has 0 aromatic rings. The largest absolute Gasteiger partial charge is 0.389 e. The zero-order valence-corrected chi connectivity index (χ0v) is 9.52. The predicted octanol–water partition coefficient (Wildman–Crippen LogP) is 2.25. The minimum absolute atomic E-state index is 0.0406. The molecule has 1 fully saturated rings. The highest BCUT2D eigenvalue weighted by Gasteiger charge is 2.13. The molecule has 1 unspecified atom stereocenters. The first-order chi connectivity index (χ1) is 7.33. The van der Waals surface area contributed by atoms with Gasteiger partial charge in [-0.05, 0) is 25.7 Å². The van der Waals surface area contributed by atoms with Crippen molar-refractivity contribution in [3.63, 3.8) is 0 Å². The second kappa shape index (κ2) is 7.85. The second-order valence-electron chi connectivity index (χ2n) is 3.86. The van der Waals surface area contributed by atoms with Crippen LogP contribution in [0.25, 0.3) is 0 Å². The third-order valence-corrected chi connectivity index (χ3v) is 2.45. The zero-order valence-electron chi connectivity index (χ0n) is 9.52. The van der Waals surface area contributed by atoms with Crippen LogP contribution in [0.2, 0.25) is 0 Å². The van der Waals surface area contributed by atoms with Gasteiger partial charge in [0.2, 0.25) is 0 Å². The van der Waals surface area contributed by atoms with E-state index < -0.39 is 0 Å². The van der Waals surface area contributed by atoms with Crippen molar-refractivity contribution in [3.8, 4) is 0 Å². The van der Waals surface area contributed by atoms with Gasteiger partial charge in [-0.15, -0.1) is 0 Å². The third kappa shape index (κ3) is 5.92. The van der Waals surface area contributed by atoms with E-state index in [2.05, 4.69) is 6.92 Å². The molecule has 1 heterocycles. The number of hydrogen-bond acceptors (Lipinski definition) is 3.